The van der Waals surface area contributed by atoms with Crippen LogP contribution in [0.25, 0.3) is 10.6 Å². The van der Waals surface area contributed by atoms with Gasteiger partial charge in [-0.1, -0.05) is 0 Å². The number of aromatic amines is 1. The number of thiophene rings is 1. The second-order valence-corrected chi connectivity index (χ2v) is 5.37. The monoisotopic (exact) mass is 271 g/mol. The lowest BCUT2D eigenvalue weighted by atomic mass is 10.2. The van der Waals surface area contributed by atoms with Crippen LogP contribution in [0, 0.1) is 0 Å². The predicted octanol–water partition coefficient (Wildman–Crippen LogP) is 2.62. The highest BCUT2D eigenvalue weighted by Crippen LogP contribution is 2.31. The minimum Gasteiger partial charge on any atom is -0.316 e. The molecular weight excluding hydrogens is 262 g/mol. The fourth-order valence-electron chi connectivity index (χ4n) is 1.30. The summed E-state index contributed by atoms with van der Waals surface area (Å²) < 4.78 is 1.14. The fraction of sp³-hybridized carbons (Fsp3) is 0.222. The average Bonchev–Trinajstić information content (AvgIpc) is 2.74. The Morgan fingerprint density at radius 1 is 1.57 bits per heavy atom. The van der Waals surface area contributed by atoms with E-state index in [2.05, 4.69) is 37.5 Å². The van der Waals surface area contributed by atoms with Crippen LogP contribution in [0.3, 0.4) is 0 Å². The van der Waals surface area contributed by atoms with Gasteiger partial charge in [-0.3, -0.25) is 5.10 Å². The molecule has 5 heteroatoms. The molecule has 2 N–H and O–H groups in total. The zero-order valence-corrected chi connectivity index (χ0v) is 10.1. The van der Waals surface area contributed by atoms with E-state index in [1.807, 2.05) is 19.3 Å². The van der Waals surface area contributed by atoms with Gasteiger partial charge in [-0.05, 0) is 35.1 Å². The van der Waals surface area contributed by atoms with Crippen LogP contribution in [-0.4, -0.2) is 17.2 Å². The highest BCUT2D eigenvalue weighted by molar-refractivity contribution is 9.11. The van der Waals surface area contributed by atoms with Crippen LogP contribution in [0.1, 0.15) is 5.56 Å². The van der Waals surface area contributed by atoms with Crippen molar-refractivity contribution >= 4 is 27.3 Å². The van der Waals surface area contributed by atoms with Crippen molar-refractivity contribution in [3.8, 4) is 10.6 Å². The van der Waals surface area contributed by atoms with Gasteiger partial charge in [-0.25, -0.2) is 0 Å². The minimum atomic E-state index is 0.835. The van der Waals surface area contributed by atoms with Gasteiger partial charge in [0.2, 0.25) is 0 Å². The third-order valence-electron chi connectivity index (χ3n) is 1.90. The summed E-state index contributed by atoms with van der Waals surface area (Å²) >= 11 is 5.15. The summed E-state index contributed by atoms with van der Waals surface area (Å²) in [5.74, 6) is 0. The first-order chi connectivity index (χ1) is 6.81. The van der Waals surface area contributed by atoms with Crippen molar-refractivity contribution in [2.24, 2.45) is 0 Å². The Bertz CT molecular complexity index is 421. The van der Waals surface area contributed by atoms with Gasteiger partial charge in [-0.15, -0.1) is 11.3 Å². The van der Waals surface area contributed by atoms with Crippen LogP contribution < -0.4 is 5.32 Å². The van der Waals surface area contributed by atoms with Crippen molar-refractivity contribution in [2.45, 2.75) is 6.54 Å². The third-order valence-corrected chi connectivity index (χ3v) is 3.55. The summed E-state index contributed by atoms with van der Waals surface area (Å²) in [6.45, 7) is 0.835. The van der Waals surface area contributed by atoms with Crippen LogP contribution in [0.4, 0.5) is 0 Å². The molecule has 2 aromatic heterocycles. The molecule has 0 bridgehead atoms. The van der Waals surface area contributed by atoms with Crippen LogP contribution in [-0.2, 0) is 6.54 Å². The lowest BCUT2D eigenvalue weighted by molar-refractivity contribution is 0.820. The van der Waals surface area contributed by atoms with Gasteiger partial charge < -0.3 is 5.32 Å². The van der Waals surface area contributed by atoms with Gasteiger partial charge in [0.1, 0.15) is 0 Å². The van der Waals surface area contributed by atoms with E-state index in [1.165, 1.54) is 10.4 Å². The van der Waals surface area contributed by atoms with Crippen LogP contribution >= 0.6 is 27.3 Å². The van der Waals surface area contributed by atoms with Crippen molar-refractivity contribution in [1.82, 2.24) is 15.5 Å². The largest absolute Gasteiger partial charge is 0.316 e. The van der Waals surface area contributed by atoms with E-state index < -0.39 is 0 Å². The maximum atomic E-state index is 4.05. The van der Waals surface area contributed by atoms with E-state index >= 15 is 0 Å². The highest BCUT2D eigenvalue weighted by atomic mass is 79.9. The molecule has 2 rings (SSSR count). The Morgan fingerprint density at radius 3 is 3.07 bits per heavy atom. The lowest BCUT2D eigenvalue weighted by Crippen LogP contribution is -2.04. The van der Waals surface area contributed by atoms with Gasteiger partial charge in [0.25, 0.3) is 0 Å². The van der Waals surface area contributed by atoms with Crippen LogP contribution in [0.5, 0.6) is 0 Å². The number of rotatable bonds is 3. The van der Waals surface area contributed by atoms with Gasteiger partial charge in [0.05, 0.1) is 20.6 Å². The third kappa shape index (κ3) is 1.89. The number of nitrogens with one attached hydrogen (secondary N) is 2. The molecule has 2 aromatic rings. The average molecular weight is 272 g/mol. The van der Waals surface area contributed by atoms with E-state index in [0.717, 1.165) is 16.0 Å². The molecule has 0 radical (unpaired) electrons. The second-order valence-electron chi connectivity index (χ2n) is 2.90. The number of nitrogens with zero attached hydrogens (tertiary/aromatic N) is 1. The molecule has 2 heterocycles. The Kier molecular flexibility index (Phi) is 3.00. The zero-order valence-electron chi connectivity index (χ0n) is 7.67. The SMILES string of the molecule is CNCc1cn[nH]c1-c1ccc(Br)s1. The van der Waals surface area contributed by atoms with Gasteiger partial charge in [0, 0.05) is 12.1 Å². The Balaban J connectivity index is 2.36. The van der Waals surface area contributed by atoms with Crippen LogP contribution in [0.2, 0.25) is 0 Å². The molecule has 0 fully saturated rings. The number of aromatic nitrogens is 2. The van der Waals surface area contributed by atoms with E-state index in [1.54, 1.807) is 11.3 Å². The van der Waals surface area contributed by atoms with E-state index in [-0.39, 0.29) is 0 Å². The summed E-state index contributed by atoms with van der Waals surface area (Å²) in [6, 6.07) is 4.13. The minimum absolute atomic E-state index is 0.835. The Morgan fingerprint density at radius 2 is 2.43 bits per heavy atom. The fourth-order valence-corrected chi connectivity index (χ4v) is 2.71. The maximum Gasteiger partial charge on any atom is 0.0795 e. The van der Waals surface area contributed by atoms with Crippen LogP contribution in [0.15, 0.2) is 22.1 Å². The first kappa shape index (κ1) is 9.89. The van der Waals surface area contributed by atoms with Gasteiger partial charge in [-0.2, -0.15) is 5.10 Å². The summed E-state index contributed by atoms with van der Waals surface area (Å²) in [5, 5.41) is 10.2. The molecule has 0 aliphatic rings. The smallest absolute Gasteiger partial charge is 0.0795 e. The summed E-state index contributed by atoms with van der Waals surface area (Å²) in [7, 11) is 1.93. The summed E-state index contributed by atoms with van der Waals surface area (Å²) in [6.07, 6.45) is 1.86. The highest BCUT2D eigenvalue weighted by Gasteiger charge is 2.08. The van der Waals surface area contributed by atoms with Gasteiger partial charge in [0.15, 0.2) is 0 Å². The van der Waals surface area contributed by atoms with E-state index in [0.29, 0.717) is 0 Å². The molecule has 0 saturated heterocycles. The Labute approximate surface area is 94.7 Å². The van der Waals surface area contributed by atoms with E-state index in [9.17, 15) is 0 Å². The van der Waals surface area contributed by atoms with Crippen molar-refractivity contribution < 1.29 is 0 Å². The second kappa shape index (κ2) is 4.25. The predicted molar refractivity (Wildman–Crippen MR) is 62.4 cm³/mol. The van der Waals surface area contributed by atoms with Gasteiger partial charge >= 0.3 is 0 Å². The quantitative estimate of drug-likeness (QED) is 0.901. The van der Waals surface area contributed by atoms with Crippen molar-refractivity contribution in [3.05, 3.63) is 27.7 Å². The number of hydrogen-bond donors (Lipinski definition) is 2. The first-order valence-corrected chi connectivity index (χ1v) is 5.84. The molecule has 3 nitrogen and oxygen atoms in total. The molecule has 74 valence electrons. The first-order valence-electron chi connectivity index (χ1n) is 4.24. The molecule has 0 amide bonds. The Hall–Kier alpha value is -0.650. The number of hydrogen-bond acceptors (Lipinski definition) is 3. The van der Waals surface area contributed by atoms with Crippen molar-refractivity contribution in [2.75, 3.05) is 7.05 Å². The number of halogens is 1. The molecule has 0 unspecified atom stereocenters. The maximum absolute atomic E-state index is 4.05. The molecule has 0 aliphatic carbocycles. The molecule has 0 saturated carbocycles. The molecule has 14 heavy (non-hydrogen) atoms. The standard InChI is InChI=1S/C9H10BrN3S/c1-11-4-6-5-12-13-9(6)7-2-3-8(10)14-7/h2-3,5,11H,4H2,1H3,(H,12,13). The molecular formula is C9H10BrN3S. The molecule has 0 aliphatic heterocycles. The molecule has 0 aromatic carbocycles. The molecule has 0 atom stereocenters. The van der Waals surface area contributed by atoms with Crippen molar-refractivity contribution in [1.29, 1.82) is 0 Å². The van der Waals surface area contributed by atoms with Crippen molar-refractivity contribution in [3.63, 3.8) is 0 Å². The zero-order chi connectivity index (χ0) is 9.97. The number of H-pyrrole nitrogens is 1. The molecule has 0 spiro atoms. The normalized spacial score (nSPS) is 10.7. The topological polar surface area (TPSA) is 40.7 Å². The summed E-state index contributed by atoms with van der Waals surface area (Å²) in [4.78, 5) is 1.21. The summed E-state index contributed by atoms with van der Waals surface area (Å²) in [5.41, 5.74) is 2.30. The lowest BCUT2D eigenvalue weighted by Gasteiger charge is -1.98. The van der Waals surface area contributed by atoms with E-state index in [4.69, 9.17) is 0 Å².